The third-order valence-corrected chi connectivity index (χ3v) is 6.31. The van der Waals surface area contributed by atoms with Crippen molar-refractivity contribution in [3.63, 3.8) is 0 Å². The highest BCUT2D eigenvalue weighted by atomic mass is 79.9. The predicted molar refractivity (Wildman–Crippen MR) is 104 cm³/mol. The molecule has 5 nitrogen and oxygen atoms in total. The van der Waals surface area contributed by atoms with E-state index in [1.807, 2.05) is 36.1 Å². The van der Waals surface area contributed by atoms with E-state index in [1.165, 1.54) is 18.2 Å². The Hall–Kier alpha value is -1.34. The van der Waals surface area contributed by atoms with Crippen molar-refractivity contribution >= 4 is 33.6 Å². The molecule has 25 heavy (non-hydrogen) atoms. The van der Waals surface area contributed by atoms with Crippen molar-refractivity contribution in [2.75, 3.05) is 0 Å². The maximum absolute atomic E-state index is 12.9. The number of thioether (sulfide) groups is 1. The molecule has 0 unspecified atom stereocenters. The van der Waals surface area contributed by atoms with Crippen LogP contribution >= 0.6 is 27.7 Å². The van der Waals surface area contributed by atoms with Crippen molar-refractivity contribution in [3.8, 4) is 11.4 Å². The van der Waals surface area contributed by atoms with Crippen molar-refractivity contribution in [2.24, 2.45) is 0 Å². The molecule has 1 aliphatic rings. The number of likely N-dealkylation sites (tertiary alicyclic amines) is 1. The van der Waals surface area contributed by atoms with E-state index in [0.717, 1.165) is 22.9 Å². The highest BCUT2D eigenvalue weighted by molar-refractivity contribution is 9.10. The van der Waals surface area contributed by atoms with E-state index in [9.17, 15) is 4.79 Å². The van der Waals surface area contributed by atoms with Gasteiger partial charge in [0, 0.05) is 22.1 Å². The van der Waals surface area contributed by atoms with Gasteiger partial charge in [0.2, 0.25) is 11.1 Å². The number of nitrogens with zero attached hydrogens (tertiary/aromatic N) is 3. The molecule has 0 aliphatic carbocycles. The molecule has 1 amide bonds. The summed E-state index contributed by atoms with van der Waals surface area (Å²) < 4.78 is 0.961. The summed E-state index contributed by atoms with van der Waals surface area (Å²) in [5.74, 6) is 0.881. The number of nitrogens with one attached hydrogen (secondary N) is 1. The van der Waals surface area contributed by atoms with Crippen molar-refractivity contribution < 1.29 is 4.79 Å². The van der Waals surface area contributed by atoms with Gasteiger partial charge in [0.25, 0.3) is 0 Å². The van der Waals surface area contributed by atoms with Gasteiger partial charge in [0.1, 0.15) is 0 Å². The summed E-state index contributed by atoms with van der Waals surface area (Å²) in [7, 11) is 0. The van der Waals surface area contributed by atoms with Gasteiger partial charge in [-0.15, -0.1) is 5.10 Å². The van der Waals surface area contributed by atoms with E-state index in [1.54, 1.807) is 0 Å². The average Bonchev–Trinajstić information content (AvgIpc) is 3.03. The lowest BCUT2D eigenvalue weighted by Crippen LogP contribution is -2.50. The van der Waals surface area contributed by atoms with Crippen LogP contribution in [0.15, 0.2) is 33.9 Å². The summed E-state index contributed by atoms with van der Waals surface area (Å²) in [5.41, 5.74) is 0.958. The second-order valence-corrected chi connectivity index (χ2v) is 8.74. The first kappa shape index (κ1) is 18.5. The molecule has 134 valence electrons. The van der Waals surface area contributed by atoms with Gasteiger partial charge < -0.3 is 4.90 Å². The van der Waals surface area contributed by atoms with Crippen molar-refractivity contribution in [2.45, 2.75) is 62.5 Å². The number of carbonyl (C=O) groups excluding carboxylic acids is 1. The van der Waals surface area contributed by atoms with Crippen molar-refractivity contribution in [3.05, 3.63) is 28.7 Å². The second kappa shape index (κ2) is 7.91. The first-order valence-electron chi connectivity index (χ1n) is 8.63. The standard InChI is InChI=1S/C18H23BrN4OS/c1-11-7-6-8-12(2)23(11)17(24)13(3)25-18-20-16(21-22-18)14-9-4-5-10-15(14)19/h4-5,9-13H,6-8H2,1-3H3,(H,20,21,22)/t11-,12+,13-/m0/s1. The number of piperidine rings is 1. The van der Waals surface area contributed by atoms with Crippen LogP contribution in [0.1, 0.15) is 40.0 Å². The molecule has 2 heterocycles. The van der Waals surface area contributed by atoms with Crippen LogP contribution in [0.25, 0.3) is 11.4 Å². The number of H-pyrrole nitrogens is 1. The van der Waals surface area contributed by atoms with Crippen LogP contribution in [-0.4, -0.2) is 43.3 Å². The van der Waals surface area contributed by atoms with Crippen LogP contribution in [0.3, 0.4) is 0 Å². The van der Waals surface area contributed by atoms with E-state index < -0.39 is 0 Å². The Bertz CT molecular complexity index is 740. The van der Waals surface area contributed by atoms with Gasteiger partial charge in [-0.1, -0.05) is 45.9 Å². The second-order valence-electron chi connectivity index (χ2n) is 6.58. The number of amides is 1. The summed E-state index contributed by atoms with van der Waals surface area (Å²) in [6.45, 7) is 6.22. The topological polar surface area (TPSA) is 61.9 Å². The third-order valence-electron chi connectivity index (χ3n) is 4.67. The molecule has 0 radical (unpaired) electrons. The highest BCUT2D eigenvalue weighted by Crippen LogP contribution is 2.30. The minimum absolute atomic E-state index is 0.178. The fourth-order valence-electron chi connectivity index (χ4n) is 3.35. The van der Waals surface area contributed by atoms with Gasteiger partial charge in [0.05, 0.1) is 5.25 Å². The van der Waals surface area contributed by atoms with Gasteiger partial charge in [-0.3, -0.25) is 9.89 Å². The fourth-order valence-corrected chi connectivity index (χ4v) is 4.60. The minimum atomic E-state index is -0.203. The highest BCUT2D eigenvalue weighted by Gasteiger charge is 2.32. The molecule has 2 aromatic rings. The van der Waals surface area contributed by atoms with Gasteiger partial charge in [-0.25, -0.2) is 4.98 Å². The summed E-state index contributed by atoms with van der Waals surface area (Å²) in [6, 6.07) is 8.48. The molecular formula is C18H23BrN4OS. The Balaban J connectivity index is 1.70. The predicted octanol–water partition coefficient (Wildman–Crippen LogP) is 4.50. The maximum Gasteiger partial charge on any atom is 0.236 e. The molecule has 7 heteroatoms. The van der Waals surface area contributed by atoms with Gasteiger partial charge >= 0.3 is 0 Å². The molecule has 0 saturated carbocycles. The molecule has 1 aromatic heterocycles. The van der Waals surface area contributed by atoms with Crippen LogP contribution in [0.2, 0.25) is 0 Å². The third kappa shape index (κ3) is 4.08. The number of rotatable bonds is 4. The zero-order chi connectivity index (χ0) is 18.0. The number of benzene rings is 1. The van der Waals surface area contributed by atoms with Crippen LogP contribution in [0.5, 0.6) is 0 Å². The minimum Gasteiger partial charge on any atom is -0.336 e. The SMILES string of the molecule is C[C@H](Sc1n[nH]c(-c2ccccc2Br)n1)C(=O)N1[C@H](C)CCC[C@@H]1C. The molecule has 0 spiro atoms. The number of aromatic nitrogens is 3. The monoisotopic (exact) mass is 422 g/mol. The van der Waals surface area contributed by atoms with Crippen LogP contribution < -0.4 is 0 Å². The van der Waals surface area contributed by atoms with E-state index >= 15 is 0 Å². The lowest BCUT2D eigenvalue weighted by atomic mass is 9.97. The summed E-state index contributed by atoms with van der Waals surface area (Å²) in [4.78, 5) is 19.5. The van der Waals surface area contributed by atoms with Crippen LogP contribution in [0, 0.1) is 0 Å². The molecule has 3 atom stereocenters. The molecule has 0 bridgehead atoms. The van der Waals surface area contributed by atoms with Crippen LogP contribution in [-0.2, 0) is 4.79 Å². The Morgan fingerprint density at radius 1 is 1.32 bits per heavy atom. The summed E-state index contributed by atoms with van der Waals surface area (Å²) in [6.07, 6.45) is 3.37. The normalized spacial score (nSPS) is 22.0. The average molecular weight is 423 g/mol. The number of carbonyl (C=O) groups is 1. The number of halogens is 1. The number of hydrogen-bond donors (Lipinski definition) is 1. The largest absolute Gasteiger partial charge is 0.336 e. The van der Waals surface area contributed by atoms with E-state index in [2.05, 4.69) is 45.0 Å². The first-order valence-corrected chi connectivity index (χ1v) is 10.3. The van der Waals surface area contributed by atoms with Gasteiger partial charge in [-0.2, -0.15) is 0 Å². The molecular weight excluding hydrogens is 400 g/mol. The fraction of sp³-hybridized carbons (Fsp3) is 0.500. The molecule has 1 N–H and O–H groups in total. The molecule has 1 aliphatic heterocycles. The lowest BCUT2D eigenvalue weighted by Gasteiger charge is -2.40. The van der Waals surface area contributed by atoms with E-state index in [0.29, 0.717) is 23.1 Å². The summed E-state index contributed by atoms with van der Waals surface area (Å²) >= 11 is 4.94. The smallest absolute Gasteiger partial charge is 0.236 e. The van der Waals surface area contributed by atoms with Gasteiger partial charge in [-0.05, 0) is 46.1 Å². The quantitative estimate of drug-likeness (QED) is 0.736. The Kier molecular flexibility index (Phi) is 5.84. The first-order chi connectivity index (χ1) is 12.0. The molecule has 1 fully saturated rings. The molecule has 1 saturated heterocycles. The maximum atomic E-state index is 12.9. The zero-order valence-corrected chi connectivity index (χ0v) is 17.1. The Morgan fingerprint density at radius 3 is 2.68 bits per heavy atom. The van der Waals surface area contributed by atoms with E-state index in [4.69, 9.17) is 0 Å². The van der Waals surface area contributed by atoms with Crippen molar-refractivity contribution in [1.29, 1.82) is 0 Å². The molecule has 1 aromatic carbocycles. The number of hydrogen-bond acceptors (Lipinski definition) is 4. The van der Waals surface area contributed by atoms with Crippen molar-refractivity contribution in [1.82, 2.24) is 20.1 Å². The zero-order valence-electron chi connectivity index (χ0n) is 14.7. The lowest BCUT2D eigenvalue weighted by molar-refractivity contribution is -0.136. The number of aromatic amines is 1. The van der Waals surface area contributed by atoms with Crippen LogP contribution in [0.4, 0.5) is 0 Å². The van der Waals surface area contributed by atoms with Gasteiger partial charge in [0.15, 0.2) is 5.82 Å². The Labute approximate surface area is 161 Å². The molecule has 3 rings (SSSR count). The Morgan fingerprint density at radius 2 is 2.00 bits per heavy atom. The summed E-state index contributed by atoms with van der Waals surface area (Å²) in [5, 5.41) is 7.64. The van der Waals surface area contributed by atoms with E-state index in [-0.39, 0.29) is 11.2 Å².